The summed E-state index contributed by atoms with van der Waals surface area (Å²) in [6.07, 6.45) is 4.48. The van der Waals surface area contributed by atoms with Crippen molar-refractivity contribution in [3.63, 3.8) is 0 Å². The maximum Gasteiger partial charge on any atom is 0.169 e. The Morgan fingerprint density at radius 2 is 2.00 bits per heavy atom. The molecule has 1 saturated carbocycles. The third kappa shape index (κ3) is 2.33. The Labute approximate surface area is 127 Å². The molecule has 1 fully saturated rings. The van der Waals surface area contributed by atoms with Gasteiger partial charge in [-0.2, -0.15) is 0 Å². The molecular formula is C16H20BrFO2. The van der Waals surface area contributed by atoms with Crippen molar-refractivity contribution in [2.45, 2.75) is 45.6 Å². The molecule has 0 atom stereocenters. The number of rotatable bonds is 1. The minimum atomic E-state index is -0.301. The molecular weight excluding hydrogens is 323 g/mol. The van der Waals surface area contributed by atoms with Gasteiger partial charge in [-0.3, -0.25) is 4.79 Å². The Morgan fingerprint density at radius 3 is 2.60 bits per heavy atom. The summed E-state index contributed by atoms with van der Waals surface area (Å²) in [5.74, 6) is -0.0908. The first-order valence-corrected chi connectivity index (χ1v) is 7.40. The van der Waals surface area contributed by atoms with Crippen LogP contribution >= 0.6 is 15.9 Å². The summed E-state index contributed by atoms with van der Waals surface area (Å²) in [4.78, 5) is 12.6. The topological polar surface area (TPSA) is 26.3 Å². The fourth-order valence-corrected chi connectivity index (χ4v) is 3.80. The van der Waals surface area contributed by atoms with E-state index in [0.717, 1.165) is 31.2 Å². The molecule has 0 aliphatic heterocycles. The second-order valence-corrected chi connectivity index (χ2v) is 6.50. The molecule has 20 heavy (non-hydrogen) atoms. The van der Waals surface area contributed by atoms with Crippen molar-refractivity contribution in [3.8, 4) is 0 Å². The van der Waals surface area contributed by atoms with Crippen molar-refractivity contribution in [3.05, 3.63) is 33.5 Å². The average molecular weight is 343 g/mol. The van der Waals surface area contributed by atoms with Crippen LogP contribution in [0.1, 0.15) is 49.0 Å². The van der Waals surface area contributed by atoms with Gasteiger partial charge in [0.05, 0.1) is 10.6 Å². The molecule has 1 aromatic carbocycles. The largest absolute Gasteiger partial charge is 0.381 e. The molecule has 1 aromatic rings. The van der Waals surface area contributed by atoms with Gasteiger partial charge in [0.1, 0.15) is 5.82 Å². The van der Waals surface area contributed by atoms with E-state index in [9.17, 15) is 9.18 Å². The van der Waals surface area contributed by atoms with Crippen LogP contribution in [-0.4, -0.2) is 19.0 Å². The van der Waals surface area contributed by atoms with Crippen LogP contribution in [0.4, 0.5) is 4.39 Å². The number of hydrogen-bond acceptors (Lipinski definition) is 2. The van der Waals surface area contributed by atoms with Crippen molar-refractivity contribution < 1.29 is 13.9 Å². The van der Waals surface area contributed by atoms with Gasteiger partial charge in [0, 0.05) is 18.1 Å². The zero-order chi connectivity index (χ0) is 13.6. The molecule has 3 rings (SSSR count). The van der Waals surface area contributed by atoms with Crippen LogP contribution in [0.5, 0.6) is 0 Å². The second-order valence-electron chi connectivity index (χ2n) is 5.64. The highest BCUT2D eigenvalue weighted by molar-refractivity contribution is 9.10. The molecule has 2 aliphatic rings. The van der Waals surface area contributed by atoms with E-state index in [1.54, 1.807) is 13.2 Å². The smallest absolute Gasteiger partial charge is 0.169 e. The van der Waals surface area contributed by atoms with Gasteiger partial charge < -0.3 is 4.74 Å². The van der Waals surface area contributed by atoms with Gasteiger partial charge in [-0.05, 0) is 65.7 Å². The van der Waals surface area contributed by atoms with Gasteiger partial charge in [-0.15, -0.1) is 0 Å². The molecule has 0 amide bonds. The number of hydrogen-bond donors (Lipinski definition) is 0. The van der Waals surface area contributed by atoms with Crippen LogP contribution in [-0.2, 0) is 11.2 Å². The summed E-state index contributed by atoms with van der Waals surface area (Å²) in [7, 11) is 1.72. The predicted octanol–water partition coefficient (Wildman–Crippen LogP) is 4.54. The lowest BCUT2D eigenvalue weighted by molar-refractivity contribution is 0.0285. The molecule has 0 aromatic heterocycles. The number of ether oxygens (including phenoxy) is 1. The van der Waals surface area contributed by atoms with E-state index in [1.807, 2.05) is 0 Å². The Hall–Kier alpha value is -0.740. The van der Waals surface area contributed by atoms with Gasteiger partial charge in [0.2, 0.25) is 0 Å². The SMILES string of the molecule is C.COC1CCC2(CC1)Cc1cc(F)c(Br)cc1C2=O. The third-order valence-electron chi connectivity index (χ3n) is 4.62. The number of ketones is 1. The molecule has 2 nitrogen and oxygen atoms in total. The summed E-state index contributed by atoms with van der Waals surface area (Å²) < 4.78 is 19.3. The Balaban J connectivity index is 0.00000147. The number of methoxy groups -OCH3 is 1. The molecule has 0 heterocycles. The van der Waals surface area contributed by atoms with Crippen LogP contribution in [0.25, 0.3) is 0 Å². The number of halogens is 2. The van der Waals surface area contributed by atoms with E-state index in [1.165, 1.54) is 6.07 Å². The predicted molar refractivity (Wildman–Crippen MR) is 80.6 cm³/mol. The van der Waals surface area contributed by atoms with Crippen LogP contribution in [0.15, 0.2) is 16.6 Å². The zero-order valence-corrected chi connectivity index (χ0v) is 12.4. The lowest BCUT2D eigenvalue weighted by Gasteiger charge is -2.35. The van der Waals surface area contributed by atoms with Gasteiger partial charge >= 0.3 is 0 Å². The van der Waals surface area contributed by atoms with Crippen molar-refractivity contribution >= 4 is 21.7 Å². The molecule has 0 radical (unpaired) electrons. The fourth-order valence-electron chi connectivity index (χ4n) is 3.46. The number of carbonyl (C=O) groups excluding carboxylic acids is 1. The lowest BCUT2D eigenvalue weighted by Crippen LogP contribution is -2.35. The minimum Gasteiger partial charge on any atom is -0.381 e. The molecule has 0 unspecified atom stereocenters. The number of benzene rings is 1. The Morgan fingerprint density at radius 1 is 1.35 bits per heavy atom. The summed E-state index contributed by atoms with van der Waals surface area (Å²) in [6.45, 7) is 0. The van der Waals surface area contributed by atoms with Crippen molar-refractivity contribution in [1.29, 1.82) is 0 Å². The number of carbonyl (C=O) groups is 1. The minimum absolute atomic E-state index is 0. The van der Waals surface area contributed by atoms with Crippen LogP contribution < -0.4 is 0 Å². The second kappa shape index (κ2) is 5.57. The molecule has 1 spiro atoms. The van der Waals surface area contributed by atoms with Crippen molar-refractivity contribution in [2.24, 2.45) is 5.41 Å². The van der Waals surface area contributed by atoms with E-state index >= 15 is 0 Å². The summed E-state index contributed by atoms with van der Waals surface area (Å²) >= 11 is 3.16. The van der Waals surface area contributed by atoms with E-state index < -0.39 is 0 Å². The maximum atomic E-state index is 13.6. The number of Topliss-reactive ketones (excluding diaryl/α,β-unsaturated/α-hetero) is 1. The fraction of sp³-hybridized carbons (Fsp3) is 0.562. The first kappa shape index (κ1) is 15.6. The molecule has 2 aliphatic carbocycles. The molecule has 4 heteroatoms. The highest BCUT2D eigenvalue weighted by Crippen LogP contribution is 2.48. The van der Waals surface area contributed by atoms with Gasteiger partial charge in [0.15, 0.2) is 5.78 Å². The molecule has 110 valence electrons. The van der Waals surface area contributed by atoms with E-state index in [4.69, 9.17) is 4.74 Å². The summed E-state index contributed by atoms with van der Waals surface area (Å²) in [6, 6.07) is 3.15. The zero-order valence-electron chi connectivity index (χ0n) is 10.8. The van der Waals surface area contributed by atoms with Crippen LogP contribution in [0.3, 0.4) is 0 Å². The first-order chi connectivity index (χ1) is 9.05. The molecule has 0 N–H and O–H groups in total. The van der Waals surface area contributed by atoms with Crippen molar-refractivity contribution in [2.75, 3.05) is 7.11 Å². The van der Waals surface area contributed by atoms with Gasteiger partial charge in [0.25, 0.3) is 0 Å². The maximum absolute atomic E-state index is 13.6. The summed E-state index contributed by atoms with van der Waals surface area (Å²) in [5.41, 5.74) is 1.26. The van der Waals surface area contributed by atoms with E-state index in [-0.39, 0.29) is 30.5 Å². The van der Waals surface area contributed by atoms with Crippen LogP contribution in [0.2, 0.25) is 0 Å². The highest BCUT2D eigenvalue weighted by atomic mass is 79.9. The highest BCUT2D eigenvalue weighted by Gasteiger charge is 2.47. The van der Waals surface area contributed by atoms with Gasteiger partial charge in [-0.25, -0.2) is 4.39 Å². The standard InChI is InChI=1S/C15H16BrFO2.CH4/c1-19-10-2-4-15(5-3-10)8-9-6-13(17)12(16)7-11(9)14(15)18;/h6-7,10H,2-5,8H2,1H3;1H4. The molecule has 0 saturated heterocycles. The molecule has 0 bridgehead atoms. The van der Waals surface area contributed by atoms with Crippen molar-refractivity contribution in [1.82, 2.24) is 0 Å². The summed E-state index contributed by atoms with van der Waals surface area (Å²) in [5, 5.41) is 0. The quantitative estimate of drug-likeness (QED) is 0.748. The monoisotopic (exact) mass is 342 g/mol. The Bertz CT molecular complexity index is 534. The van der Waals surface area contributed by atoms with Crippen LogP contribution in [0, 0.1) is 11.2 Å². The average Bonchev–Trinajstić information content (AvgIpc) is 2.65. The van der Waals surface area contributed by atoms with E-state index in [0.29, 0.717) is 16.5 Å². The lowest BCUT2D eigenvalue weighted by atomic mass is 9.70. The van der Waals surface area contributed by atoms with Gasteiger partial charge in [-0.1, -0.05) is 7.43 Å². The first-order valence-electron chi connectivity index (χ1n) is 6.61. The third-order valence-corrected chi connectivity index (χ3v) is 5.23. The normalized spacial score (nSPS) is 28.4. The number of fused-ring (bicyclic) bond motifs is 1. The Kier molecular flexibility index (Phi) is 4.35. The van der Waals surface area contributed by atoms with E-state index in [2.05, 4.69) is 15.9 Å².